The first-order chi connectivity index (χ1) is 40.0. The van der Waals surface area contributed by atoms with Crippen molar-refractivity contribution in [1.29, 1.82) is 0 Å². The fourth-order valence-electron chi connectivity index (χ4n) is 9.66. The summed E-state index contributed by atoms with van der Waals surface area (Å²) in [7, 11) is 1.23. The number of nitrogens with zero attached hydrogens (tertiary/aromatic N) is 1. The molecule has 0 fully saturated rings. The summed E-state index contributed by atoms with van der Waals surface area (Å²) in [5.41, 5.74) is 0. The van der Waals surface area contributed by atoms with Crippen LogP contribution in [0.3, 0.4) is 0 Å². The lowest BCUT2D eigenvalue weighted by Crippen LogP contribution is -2.45. The molecule has 0 radical (unpaired) electrons. The summed E-state index contributed by atoms with van der Waals surface area (Å²) in [6.07, 6.45) is 92.1. The van der Waals surface area contributed by atoms with E-state index in [1.54, 1.807) is 6.08 Å². The Balaban J connectivity index is 4.10. The van der Waals surface area contributed by atoms with E-state index in [1.165, 1.54) is 193 Å². The van der Waals surface area contributed by atoms with Gasteiger partial charge in [0, 0.05) is 6.42 Å². The molecular formula is C73H131N2O6P. The van der Waals surface area contributed by atoms with Gasteiger partial charge in [-0.3, -0.25) is 9.36 Å². The van der Waals surface area contributed by atoms with Crippen LogP contribution in [0.4, 0.5) is 0 Å². The molecule has 474 valence electrons. The molecule has 8 nitrogen and oxygen atoms in total. The highest BCUT2D eigenvalue weighted by Gasteiger charge is 2.23. The molecular weight excluding hydrogens is 1030 g/mol. The maximum atomic E-state index is 13.0. The zero-order chi connectivity index (χ0) is 59.8. The number of allylic oxidation sites excluding steroid dienone is 17. The van der Waals surface area contributed by atoms with E-state index in [4.69, 9.17) is 9.05 Å². The zero-order valence-electron chi connectivity index (χ0n) is 54.2. The van der Waals surface area contributed by atoms with Gasteiger partial charge in [0.05, 0.1) is 39.9 Å². The Bertz CT molecular complexity index is 1700. The molecule has 0 aliphatic carbocycles. The number of quaternary nitrogens is 1. The lowest BCUT2D eigenvalue weighted by Gasteiger charge is -2.29. The summed E-state index contributed by atoms with van der Waals surface area (Å²) in [5, 5.41) is 13.9. The Labute approximate surface area is 508 Å². The van der Waals surface area contributed by atoms with Gasteiger partial charge in [0.1, 0.15) is 13.2 Å². The number of rotatable bonds is 62. The number of nitrogens with one attached hydrogen (secondary N) is 1. The van der Waals surface area contributed by atoms with Crippen LogP contribution in [0.2, 0.25) is 0 Å². The fourth-order valence-corrected chi connectivity index (χ4v) is 10.4. The molecule has 0 rings (SSSR count). The molecule has 0 heterocycles. The minimum atomic E-state index is -4.62. The lowest BCUT2D eigenvalue weighted by molar-refractivity contribution is -0.870. The third-order valence-corrected chi connectivity index (χ3v) is 15.9. The van der Waals surface area contributed by atoms with Gasteiger partial charge in [0.15, 0.2) is 0 Å². The van der Waals surface area contributed by atoms with E-state index in [1.807, 2.05) is 27.2 Å². The SMILES string of the molecule is CC/C=C\C/C=C\C/C=C\C/C=C\C/C=C\C/C=C\CCCCCCCCCCCCCCCCCCCCC(=O)NC(COP(=O)([O-])OCC[N+](C)(C)C)C(O)/C=C/CC/C=C/CC/C=C/CCCCCCCCCCCCCCC. The maximum absolute atomic E-state index is 13.0. The molecule has 1 amide bonds. The Morgan fingerprint density at radius 1 is 0.439 bits per heavy atom. The summed E-state index contributed by atoms with van der Waals surface area (Å²) >= 11 is 0. The van der Waals surface area contributed by atoms with Crippen LogP contribution in [-0.4, -0.2) is 68.5 Å². The van der Waals surface area contributed by atoms with Crippen molar-refractivity contribution in [1.82, 2.24) is 5.32 Å². The van der Waals surface area contributed by atoms with Crippen molar-refractivity contribution in [2.24, 2.45) is 0 Å². The quantitative estimate of drug-likeness (QED) is 0.0272. The van der Waals surface area contributed by atoms with Crippen molar-refractivity contribution in [3.8, 4) is 0 Å². The molecule has 9 heteroatoms. The summed E-state index contributed by atoms with van der Waals surface area (Å²) in [5.74, 6) is -0.211. The number of aliphatic hydroxyl groups excluding tert-OH is 1. The molecule has 3 atom stereocenters. The smallest absolute Gasteiger partial charge is 0.268 e. The fraction of sp³-hybridized carbons (Fsp3) is 0.740. The van der Waals surface area contributed by atoms with Gasteiger partial charge < -0.3 is 28.8 Å². The van der Waals surface area contributed by atoms with Crippen LogP contribution >= 0.6 is 7.82 Å². The van der Waals surface area contributed by atoms with Gasteiger partial charge in [0.25, 0.3) is 7.82 Å². The molecule has 0 bridgehead atoms. The van der Waals surface area contributed by atoms with E-state index in [0.717, 1.165) is 83.5 Å². The molecule has 0 aliphatic rings. The van der Waals surface area contributed by atoms with Gasteiger partial charge in [-0.2, -0.15) is 0 Å². The first kappa shape index (κ1) is 79.2. The predicted octanol–water partition coefficient (Wildman–Crippen LogP) is 21.2. The Morgan fingerprint density at radius 3 is 1.13 bits per heavy atom. The number of unbranched alkanes of at least 4 members (excludes halogenated alkanes) is 33. The van der Waals surface area contributed by atoms with E-state index in [-0.39, 0.29) is 12.5 Å². The monoisotopic (exact) mass is 1160 g/mol. The van der Waals surface area contributed by atoms with Crippen molar-refractivity contribution in [2.45, 2.75) is 309 Å². The second kappa shape index (κ2) is 62.7. The van der Waals surface area contributed by atoms with Crippen LogP contribution in [0.15, 0.2) is 109 Å². The molecule has 0 aromatic rings. The van der Waals surface area contributed by atoms with E-state index in [9.17, 15) is 19.4 Å². The number of carbonyl (C=O) groups excluding carboxylic acids is 1. The minimum absolute atomic E-state index is 0.0118. The molecule has 0 spiro atoms. The molecule has 2 N–H and O–H groups in total. The van der Waals surface area contributed by atoms with Crippen molar-refractivity contribution < 1.29 is 32.9 Å². The maximum Gasteiger partial charge on any atom is 0.268 e. The van der Waals surface area contributed by atoms with Crippen molar-refractivity contribution in [2.75, 3.05) is 40.9 Å². The van der Waals surface area contributed by atoms with Gasteiger partial charge in [-0.15, -0.1) is 0 Å². The van der Waals surface area contributed by atoms with Crippen molar-refractivity contribution in [3.63, 3.8) is 0 Å². The molecule has 0 saturated carbocycles. The first-order valence-electron chi connectivity index (χ1n) is 34.2. The molecule has 82 heavy (non-hydrogen) atoms. The van der Waals surface area contributed by atoms with E-state index in [0.29, 0.717) is 17.4 Å². The van der Waals surface area contributed by atoms with Gasteiger partial charge in [0.2, 0.25) is 5.91 Å². The van der Waals surface area contributed by atoms with E-state index in [2.05, 4.69) is 116 Å². The van der Waals surface area contributed by atoms with Gasteiger partial charge in [-0.25, -0.2) is 0 Å². The predicted molar refractivity (Wildman–Crippen MR) is 357 cm³/mol. The number of phosphoric ester groups is 1. The van der Waals surface area contributed by atoms with Gasteiger partial charge in [-0.05, 0) is 96.3 Å². The molecule has 0 aromatic heterocycles. The second-order valence-electron chi connectivity index (χ2n) is 24.1. The molecule has 3 unspecified atom stereocenters. The van der Waals surface area contributed by atoms with Crippen LogP contribution in [0.5, 0.6) is 0 Å². The Kier molecular flexibility index (Phi) is 60.5. The average Bonchev–Trinajstić information content (AvgIpc) is 3.47. The normalized spacial score (nSPS) is 14.4. The molecule has 0 aromatic carbocycles. The number of likely N-dealkylation sites (N-methyl/N-ethyl adjacent to an activating group) is 1. The van der Waals surface area contributed by atoms with Crippen LogP contribution in [-0.2, 0) is 18.4 Å². The highest BCUT2D eigenvalue weighted by molar-refractivity contribution is 7.45. The highest BCUT2D eigenvalue weighted by Crippen LogP contribution is 2.38. The topological polar surface area (TPSA) is 108 Å². The number of carbonyl (C=O) groups is 1. The van der Waals surface area contributed by atoms with Crippen LogP contribution in [0.1, 0.15) is 296 Å². The first-order valence-corrected chi connectivity index (χ1v) is 35.7. The standard InChI is InChI=1S/C73H131N2O6P/c1-6-8-10-12-14-16-18-20-22-24-26-28-30-31-32-33-34-35-36-37-38-39-40-41-42-43-45-47-49-51-53-55-57-59-61-63-65-67-73(77)74-71(70-81-82(78,79)80-69-68-75(3,4)5)72(76)66-64-62-60-58-56-54-52-50-48-46-44-29-27-25-23-21-19-17-15-13-11-9-7-2/h8,10,14,16,20,22,26,28,31-32,34-35,48,50,56,58,64,66,71-72,76H,6-7,9,11-13,15,17-19,21,23-25,27,29-30,33,36-47,49,51-55,57,59-63,65,67-70H2,1-5H3,(H-,74,77,78,79)/b10-8-,16-14-,22-20-,28-26-,32-31-,35-34-,50-48+,58-56+,66-64+. The molecule has 0 aliphatic heterocycles. The third kappa shape index (κ3) is 64.7. The number of phosphoric acid groups is 1. The number of hydrogen-bond donors (Lipinski definition) is 2. The van der Waals surface area contributed by atoms with Gasteiger partial charge >= 0.3 is 0 Å². The van der Waals surface area contributed by atoms with E-state index >= 15 is 0 Å². The summed E-state index contributed by atoms with van der Waals surface area (Å²) in [6, 6.07) is -0.916. The number of hydrogen-bond acceptors (Lipinski definition) is 6. The van der Waals surface area contributed by atoms with Crippen molar-refractivity contribution in [3.05, 3.63) is 109 Å². The van der Waals surface area contributed by atoms with Gasteiger partial charge in [-0.1, -0.05) is 303 Å². The average molecular weight is 1160 g/mol. The number of amides is 1. The zero-order valence-corrected chi connectivity index (χ0v) is 55.1. The second-order valence-corrected chi connectivity index (χ2v) is 25.5. The van der Waals surface area contributed by atoms with Crippen LogP contribution in [0.25, 0.3) is 0 Å². The minimum Gasteiger partial charge on any atom is -0.756 e. The van der Waals surface area contributed by atoms with E-state index < -0.39 is 26.6 Å². The summed E-state index contributed by atoms with van der Waals surface area (Å²) in [4.78, 5) is 25.6. The van der Waals surface area contributed by atoms with Crippen LogP contribution < -0.4 is 10.2 Å². The summed E-state index contributed by atoms with van der Waals surface area (Å²) in [6.45, 7) is 4.53. The summed E-state index contributed by atoms with van der Waals surface area (Å²) < 4.78 is 23.4. The lowest BCUT2D eigenvalue weighted by atomic mass is 10.0. The Morgan fingerprint density at radius 2 is 0.756 bits per heavy atom. The largest absolute Gasteiger partial charge is 0.756 e. The van der Waals surface area contributed by atoms with Crippen LogP contribution in [0, 0.1) is 0 Å². The third-order valence-electron chi connectivity index (χ3n) is 14.9. The Hall–Kier alpha value is -2.84. The highest BCUT2D eigenvalue weighted by atomic mass is 31.2. The number of aliphatic hydroxyl groups is 1. The molecule has 0 saturated heterocycles. The van der Waals surface area contributed by atoms with Crippen molar-refractivity contribution >= 4 is 13.7 Å².